The first kappa shape index (κ1) is 16.8. The van der Waals surface area contributed by atoms with Crippen LogP contribution in [0.3, 0.4) is 0 Å². The van der Waals surface area contributed by atoms with Crippen molar-refractivity contribution in [3.8, 4) is 11.5 Å². The third-order valence-electron chi connectivity index (χ3n) is 2.76. The van der Waals surface area contributed by atoms with Crippen molar-refractivity contribution < 1.29 is 14.2 Å². The van der Waals surface area contributed by atoms with Crippen LogP contribution >= 0.6 is 0 Å². The second-order valence-electron chi connectivity index (χ2n) is 5.99. The maximum Gasteiger partial charge on any atom is 0.161 e. The van der Waals surface area contributed by atoms with Crippen LogP contribution < -0.4 is 14.8 Å². The molecule has 4 nitrogen and oxygen atoms in total. The van der Waals surface area contributed by atoms with Gasteiger partial charge in [0.25, 0.3) is 0 Å². The van der Waals surface area contributed by atoms with Crippen molar-refractivity contribution in [2.45, 2.75) is 27.3 Å². The molecule has 1 rings (SSSR count). The van der Waals surface area contributed by atoms with Crippen LogP contribution in [0.2, 0.25) is 0 Å². The fourth-order valence-corrected chi connectivity index (χ4v) is 1.76. The van der Waals surface area contributed by atoms with Gasteiger partial charge >= 0.3 is 0 Å². The number of methoxy groups -OCH3 is 2. The zero-order valence-electron chi connectivity index (χ0n) is 13.3. The van der Waals surface area contributed by atoms with E-state index in [0.29, 0.717) is 13.2 Å². The molecule has 4 heteroatoms. The van der Waals surface area contributed by atoms with Crippen LogP contribution in [0.15, 0.2) is 18.2 Å². The summed E-state index contributed by atoms with van der Waals surface area (Å²) in [5, 5.41) is 3.45. The van der Waals surface area contributed by atoms with E-state index in [1.807, 2.05) is 12.1 Å². The molecule has 0 aromatic heterocycles. The highest BCUT2D eigenvalue weighted by molar-refractivity contribution is 5.42. The highest BCUT2D eigenvalue weighted by atomic mass is 16.5. The van der Waals surface area contributed by atoms with Crippen LogP contribution in [0.25, 0.3) is 0 Å². The van der Waals surface area contributed by atoms with Gasteiger partial charge in [0.1, 0.15) is 6.61 Å². The quantitative estimate of drug-likeness (QED) is 0.744. The molecule has 1 aromatic carbocycles. The van der Waals surface area contributed by atoms with Gasteiger partial charge in [0.15, 0.2) is 11.5 Å². The van der Waals surface area contributed by atoms with Crippen molar-refractivity contribution in [3.05, 3.63) is 23.8 Å². The summed E-state index contributed by atoms with van der Waals surface area (Å²) in [6.45, 7) is 9.54. The lowest BCUT2D eigenvalue weighted by Gasteiger charge is -2.19. The number of ether oxygens (including phenoxy) is 3. The number of hydrogen-bond donors (Lipinski definition) is 1. The summed E-state index contributed by atoms with van der Waals surface area (Å²) in [5.74, 6) is 1.51. The summed E-state index contributed by atoms with van der Waals surface area (Å²) >= 11 is 0. The summed E-state index contributed by atoms with van der Waals surface area (Å²) in [7, 11) is 3.31. The van der Waals surface area contributed by atoms with Crippen LogP contribution in [0.5, 0.6) is 11.5 Å². The summed E-state index contributed by atoms with van der Waals surface area (Å²) in [5.41, 5.74) is 1.47. The maximum atomic E-state index is 5.61. The SMILES string of the molecule is COCCOc1ccc(CNCC(C)(C)C)cc1OC. The van der Waals surface area contributed by atoms with E-state index in [9.17, 15) is 0 Å². The fraction of sp³-hybridized carbons (Fsp3) is 0.625. The van der Waals surface area contributed by atoms with Gasteiger partial charge in [-0.2, -0.15) is 0 Å². The van der Waals surface area contributed by atoms with Gasteiger partial charge in [-0.15, -0.1) is 0 Å². The minimum Gasteiger partial charge on any atom is -0.493 e. The normalized spacial score (nSPS) is 11.4. The molecule has 0 amide bonds. The van der Waals surface area contributed by atoms with E-state index < -0.39 is 0 Å². The van der Waals surface area contributed by atoms with Gasteiger partial charge in [-0.3, -0.25) is 0 Å². The molecule has 0 heterocycles. The summed E-state index contributed by atoms with van der Waals surface area (Å²) in [4.78, 5) is 0. The minimum absolute atomic E-state index is 0.285. The molecule has 0 unspecified atom stereocenters. The van der Waals surface area contributed by atoms with Crippen LogP contribution in [0.1, 0.15) is 26.3 Å². The van der Waals surface area contributed by atoms with Crippen molar-refractivity contribution in [2.75, 3.05) is 34.0 Å². The topological polar surface area (TPSA) is 39.7 Å². The molecular formula is C16H27NO3. The lowest BCUT2D eigenvalue weighted by atomic mass is 9.97. The van der Waals surface area contributed by atoms with Crippen molar-refractivity contribution in [3.63, 3.8) is 0 Å². The van der Waals surface area contributed by atoms with Crippen LogP contribution in [0.4, 0.5) is 0 Å². The second kappa shape index (κ2) is 8.12. The predicted octanol–water partition coefficient (Wildman–Crippen LogP) is 2.86. The molecule has 114 valence electrons. The lowest BCUT2D eigenvalue weighted by molar-refractivity contribution is 0.144. The molecule has 1 N–H and O–H groups in total. The van der Waals surface area contributed by atoms with E-state index in [1.54, 1.807) is 14.2 Å². The summed E-state index contributed by atoms with van der Waals surface area (Å²) < 4.78 is 16.0. The molecule has 0 aliphatic rings. The third-order valence-corrected chi connectivity index (χ3v) is 2.76. The number of rotatable bonds is 8. The van der Waals surface area contributed by atoms with Gasteiger partial charge in [0, 0.05) is 20.2 Å². The monoisotopic (exact) mass is 281 g/mol. The van der Waals surface area contributed by atoms with Crippen molar-refractivity contribution in [2.24, 2.45) is 5.41 Å². The van der Waals surface area contributed by atoms with Gasteiger partial charge in [-0.25, -0.2) is 0 Å². The Labute approximate surface area is 122 Å². The molecule has 0 bridgehead atoms. The average molecular weight is 281 g/mol. The Kier molecular flexibility index (Phi) is 6.82. The van der Waals surface area contributed by atoms with Gasteiger partial charge in [-0.05, 0) is 23.1 Å². The molecule has 0 spiro atoms. The molecule has 0 aliphatic heterocycles. The molecule has 0 atom stereocenters. The Morgan fingerprint density at radius 1 is 1.05 bits per heavy atom. The van der Waals surface area contributed by atoms with Crippen molar-refractivity contribution in [1.82, 2.24) is 5.32 Å². The molecule has 1 aromatic rings. The fourth-order valence-electron chi connectivity index (χ4n) is 1.76. The first-order valence-electron chi connectivity index (χ1n) is 6.95. The largest absolute Gasteiger partial charge is 0.493 e. The Bertz CT molecular complexity index is 399. The molecule has 0 fully saturated rings. The van der Waals surface area contributed by atoms with Crippen LogP contribution in [-0.4, -0.2) is 34.0 Å². The van der Waals surface area contributed by atoms with E-state index in [4.69, 9.17) is 14.2 Å². The molecule has 0 aliphatic carbocycles. The van der Waals surface area contributed by atoms with Crippen molar-refractivity contribution >= 4 is 0 Å². The Morgan fingerprint density at radius 2 is 1.80 bits per heavy atom. The zero-order chi connectivity index (χ0) is 15.0. The third kappa shape index (κ3) is 6.26. The second-order valence-corrected chi connectivity index (χ2v) is 5.99. The average Bonchev–Trinajstić information content (AvgIpc) is 2.38. The zero-order valence-corrected chi connectivity index (χ0v) is 13.3. The maximum absolute atomic E-state index is 5.61. The van der Waals surface area contributed by atoms with Crippen LogP contribution in [0, 0.1) is 5.41 Å². The van der Waals surface area contributed by atoms with E-state index in [0.717, 1.165) is 24.6 Å². The minimum atomic E-state index is 0.285. The number of benzene rings is 1. The standard InChI is InChI=1S/C16H27NO3/c1-16(2,3)12-17-11-13-6-7-14(15(10-13)19-5)20-9-8-18-4/h6-7,10,17H,8-9,11-12H2,1-5H3. The first-order chi connectivity index (χ1) is 9.46. The Hall–Kier alpha value is -1.26. The predicted molar refractivity (Wildman–Crippen MR) is 81.5 cm³/mol. The molecular weight excluding hydrogens is 254 g/mol. The van der Waals surface area contributed by atoms with Crippen LogP contribution in [-0.2, 0) is 11.3 Å². The van der Waals surface area contributed by atoms with E-state index in [1.165, 1.54) is 5.56 Å². The van der Waals surface area contributed by atoms with Gasteiger partial charge in [0.2, 0.25) is 0 Å². The number of nitrogens with one attached hydrogen (secondary N) is 1. The summed E-state index contributed by atoms with van der Waals surface area (Å²) in [6, 6.07) is 6.01. The molecule has 0 saturated carbocycles. The van der Waals surface area contributed by atoms with Crippen molar-refractivity contribution in [1.29, 1.82) is 0 Å². The molecule has 20 heavy (non-hydrogen) atoms. The highest BCUT2D eigenvalue weighted by Crippen LogP contribution is 2.28. The molecule has 0 saturated heterocycles. The van der Waals surface area contributed by atoms with E-state index in [-0.39, 0.29) is 5.41 Å². The smallest absolute Gasteiger partial charge is 0.161 e. The lowest BCUT2D eigenvalue weighted by Crippen LogP contribution is -2.26. The molecule has 0 radical (unpaired) electrons. The van der Waals surface area contributed by atoms with E-state index >= 15 is 0 Å². The highest BCUT2D eigenvalue weighted by Gasteiger charge is 2.10. The Balaban J connectivity index is 2.57. The van der Waals surface area contributed by atoms with Gasteiger partial charge in [0.05, 0.1) is 13.7 Å². The van der Waals surface area contributed by atoms with E-state index in [2.05, 4.69) is 32.2 Å². The Morgan fingerprint density at radius 3 is 2.40 bits per heavy atom. The summed E-state index contributed by atoms with van der Waals surface area (Å²) in [6.07, 6.45) is 0. The first-order valence-corrected chi connectivity index (χ1v) is 6.95. The van der Waals surface area contributed by atoms with Gasteiger partial charge < -0.3 is 19.5 Å². The van der Waals surface area contributed by atoms with Gasteiger partial charge in [-0.1, -0.05) is 26.8 Å². The number of hydrogen-bond acceptors (Lipinski definition) is 4.